The molecule has 4 aliphatic rings. The maximum absolute atomic E-state index is 5.71. The van der Waals surface area contributed by atoms with Crippen molar-refractivity contribution < 1.29 is 0 Å². The summed E-state index contributed by atoms with van der Waals surface area (Å²) in [5.74, 6) is 2.87. The second kappa shape index (κ2) is 4.95. The molecule has 0 aliphatic heterocycles. The van der Waals surface area contributed by atoms with Gasteiger partial charge in [0.2, 0.25) is 0 Å². The molecule has 4 heteroatoms. The van der Waals surface area contributed by atoms with Gasteiger partial charge in [0.1, 0.15) is 4.99 Å². The third-order valence-electron chi connectivity index (χ3n) is 5.69. The molecule has 21 heavy (non-hydrogen) atoms. The summed E-state index contributed by atoms with van der Waals surface area (Å²) >= 11 is 8.73. The van der Waals surface area contributed by atoms with E-state index in [2.05, 4.69) is 27.3 Å². The standard InChI is InChI=1S/C17H21BrN2S/c18-14-6-13(16(19)21)1-2-15(14)20-17-7-10-3-11(8-17)5-12(4-10)9-17/h1-2,6,10-12,20H,3-5,7-9H2,(H2,19,21). The van der Waals surface area contributed by atoms with Crippen molar-refractivity contribution in [2.75, 3.05) is 5.32 Å². The minimum absolute atomic E-state index is 0.335. The smallest absolute Gasteiger partial charge is 0.104 e. The van der Waals surface area contributed by atoms with Crippen molar-refractivity contribution in [3.05, 3.63) is 28.2 Å². The summed E-state index contributed by atoms with van der Waals surface area (Å²) in [5, 5.41) is 3.89. The van der Waals surface area contributed by atoms with Crippen molar-refractivity contribution in [3.63, 3.8) is 0 Å². The maximum atomic E-state index is 5.71. The summed E-state index contributed by atoms with van der Waals surface area (Å²) in [5.41, 5.74) is 8.16. The van der Waals surface area contributed by atoms with Crippen LogP contribution in [0.4, 0.5) is 5.69 Å². The fourth-order valence-corrected chi connectivity index (χ4v) is 5.92. The average molecular weight is 365 g/mol. The van der Waals surface area contributed by atoms with E-state index in [4.69, 9.17) is 18.0 Å². The molecule has 5 rings (SSSR count). The number of anilines is 1. The van der Waals surface area contributed by atoms with Crippen LogP contribution in [-0.2, 0) is 0 Å². The first-order chi connectivity index (χ1) is 10.0. The van der Waals surface area contributed by atoms with Gasteiger partial charge in [-0.3, -0.25) is 0 Å². The minimum Gasteiger partial charge on any atom is -0.389 e. The molecule has 112 valence electrons. The van der Waals surface area contributed by atoms with Gasteiger partial charge in [-0.15, -0.1) is 0 Å². The lowest BCUT2D eigenvalue weighted by atomic mass is 9.53. The summed E-state index contributed by atoms with van der Waals surface area (Å²) in [6.45, 7) is 0. The van der Waals surface area contributed by atoms with E-state index in [1.807, 2.05) is 12.1 Å². The van der Waals surface area contributed by atoms with E-state index in [0.717, 1.165) is 27.8 Å². The molecule has 2 nitrogen and oxygen atoms in total. The summed E-state index contributed by atoms with van der Waals surface area (Å²) in [6.07, 6.45) is 8.47. The number of thiocarbonyl (C=S) groups is 1. The molecule has 0 saturated heterocycles. The van der Waals surface area contributed by atoms with Crippen LogP contribution in [0.25, 0.3) is 0 Å². The van der Waals surface area contributed by atoms with E-state index in [-0.39, 0.29) is 0 Å². The molecule has 0 radical (unpaired) electrons. The molecule has 0 spiro atoms. The largest absolute Gasteiger partial charge is 0.389 e. The molecule has 0 atom stereocenters. The third-order valence-corrected chi connectivity index (χ3v) is 6.58. The highest BCUT2D eigenvalue weighted by molar-refractivity contribution is 9.10. The molecule has 0 heterocycles. The molecule has 4 bridgehead atoms. The van der Waals surface area contributed by atoms with Gasteiger partial charge in [0, 0.05) is 21.3 Å². The number of rotatable bonds is 3. The van der Waals surface area contributed by atoms with Crippen molar-refractivity contribution >= 4 is 38.8 Å². The molecule has 4 aliphatic carbocycles. The molecule has 0 aromatic heterocycles. The number of hydrogen-bond acceptors (Lipinski definition) is 2. The lowest BCUT2D eigenvalue weighted by Gasteiger charge is -2.57. The fraction of sp³-hybridized carbons (Fsp3) is 0.588. The maximum Gasteiger partial charge on any atom is 0.104 e. The topological polar surface area (TPSA) is 38.0 Å². The van der Waals surface area contributed by atoms with Gasteiger partial charge in [0.25, 0.3) is 0 Å². The molecular weight excluding hydrogens is 344 g/mol. The predicted octanol–water partition coefficient (Wildman–Crippen LogP) is 4.46. The van der Waals surface area contributed by atoms with E-state index in [9.17, 15) is 0 Å². The molecule has 3 N–H and O–H groups in total. The number of nitrogens with one attached hydrogen (secondary N) is 1. The number of hydrogen-bond donors (Lipinski definition) is 2. The van der Waals surface area contributed by atoms with Crippen molar-refractivity contribution in [1.29, 1.82) is 0 Å². The number of nitrogens with two attached hydrogens (primary N) is 1. The van der Waals surface area contributed by atoms with Crippen LogP contribution in [0.1, 0.15) is 44.1 Å². The Morgan fingerprint density at radius 2 is 1.71 bits per heavy atom. The Morgan fingerprint density at radius 3 is 2.19 bits per heavy atom. The molecule has 1 aromatic carbocycles. The number of halogens is 1. The van der Waals surface area contributed by atoms with Gasteiger partial charge in [-0.25, -0.2) is 0 Å². The van der Waals surface area contributed by atoms with Crippen LogP contribution in [0.3, 0.4) is 0 Å². The van der Waals surface area contributed by atoms with Crippen molar-refractivity contribution in [2.45, 2.75) is 44.1 Å². The lowest BCUT2D eigenvalue weighted by molar-refractivity contribution is 0.0107. The average Bonchev–Trinajstić information content (AvgIpc) is 2.39. The SMILES string of the molecule is NC(=S)c1ccc(NC23CC4CC(CC(C4)C2)C3)c(Br)c1. The van der Waals surface area contributed by atoms with E-state index < -0.39 is 0 Å². The van der Waals surface area contributed by atoms with Gasteiger partial charge in [0.15, 0.2) is 0 Å². The van der Waals surface area contributed by atoms with E-state index >= 15 is 0 Å². The Balaban J connectivity index is 1.60. The van der Waals surface area contributed by atoms with E-state index in [1.54, 1.807) is 0 Å². The summed E-state index contributed by atoms with van der Waals surface area (Å²) in [6, 6.07) is 6.18. The van der Waals surface area contributed by atoms with Crippen molar-refractivity contribution in [2.24, 2.45) is 23.5 Å². The summed E-state index contributed by atoms with van der Waals surface area (Å²) < 4.78 is 1.07. The van der Waals surface area contributed by atoms with Gasteiger partial charge in [0.05, 0.1) is 0 Å². The molecule has 0 unspecified atom stereocenters. The Bertz CT molecular complexity index is 563. The third kappa shape index (κ3) is 2.50. The fourth-order valence-electron chi connectivity index (χ4n) is 5.32. The molecule has 4 fully saturated rings. The minimum atomic E-state index is 0.335. The van der Waals surface area contributed by atoms with Crippen molar-refractivity contribution in [3.8, 4) is 0 Å². The highest BCUT2D eigenvalue weighted by atomic mass is 79.9. The van der Waals surface area contributed by atoms with Crippen LogP contribution in [0.5, 0.6) is 0 Å². The molecule has 4 saturated carbocycles. The predicted molar refractivity (Wildman–Crippen MR) is 94.6 cm³/mol. The second-order valence-electron chi connectivity index (χ2n) is 7.38. The van der Waals surface area contributed by atoms with Crippen LogP contribution in [0, 0.1) is 17.8 Å². The molecular formula is C17H21BrN2S. The van der Waals surface area contributed by atoms with Gasteiger partial charge in [-0.1, -0.05) is 12.2 Å². The molecule has 1 aromatic rings. The Morgan fingerprint density at radius 1 is 1.14 bits per heavy atom. The van der Waals surface area contributed by atoms with Crippen LogP contribution >= 0.6 is 28.1 Å². The first kappa shape index (κ1) is 14.0. The van der Waals surface area contributed by atoms with Gasteiger partial charge in [-0.2, -0.15) is 0 Å². The summed E-state index contributed by atoms with van der Waals surface area (Å²) in [7, 11) is 0. The van der Waals surface area contributed by atoms with Crippen LogP contribution in [-0.4, -0.2) is 10.5 Å². The zero-order chi connectivity index (χ0) is 14.6. The Kier molecular flexibility index (Phi) is 3.30. The zero-order valence-corrected chi connectivity index (χ0v) is 14.5. The Labute approximate surface area is 140 Å². The van der Waals surface area contributed by atoms with Gasteiger partial charge in [-0.05, 0) is 90.4 Å². The number of benzene rings is 1. The normalized spacial score (nSPS) is 36.7. The first-order valence-corrected chi connectivity index (χ1v) is 9.11. The Hall–Kier alpha value is -0.610. The van der Waals surface area contributed by atoms with Crippen molar-refractivity contribution in [1.82, 2.24) is 0 Å². The first-order valence-electron chi connectivity index (χ1n) is 7.90. The van der Waals surface area contributed by atoms with E-state index in [0.29, 0.717) is 10.5 Å². The van der Waals surface area contributed by atoms with Gasteiger partial charge < -0.3 is 11.1 Å². The van der Waals surface area contributed by atoms with Crippen LogP contribution in [0.15, 0.2) is 22.7 Å². The monoisotopic (exact) mass is 364 g/mol. The highest BCUT2D eigenvalue weighted by Gasteiger charge is 2.50. The molecule has 0 amide bonds. The quantitative estimate of drug-likeness (QED) is 0.777. The second-order valence-corrected chi connectivity index (χ2v) is 8.68. The van der Waals surface area contributed by atoms with Gasteiger partial charge >= 0.3 is 0 Å². The summed E-state index contributed by atoms with van der Waals surface area (Å²) in [4.78, 5) is 0.456. The van der Waals surface area contributed by atoms with Crippen LogP contribution < -0.4 is 11.1 Å². The highest BCUT2D eigenvalue weighted by Crippen LogP contribution is 2.56. The van der Waals surface area contributed by atoms with E-state index in [1.165, 1.54) is 44.2 Å². The van der Waals surface area contributed by atoms with Crippen LogP contribution in [0.2, 0.25) is 0 Å². The lowest BCUT2D eigenvalue weighted by Crippen LogP contribution is -2.54. The zero-order valence-electron chi connectivity index (χ0n) is 12.1.